The SMILES string of the molecule is CNC(=S)N/N=C(CCc1ccncc1)\C(C)=N\NC(=S)NC. The molecular formula is C14H21N7S2. The third-order valence-corrected chi connectivity index (χ3v) is 3.48. The van der Waals surface area contributed by atoms with E-state index in [9.17, 15) is 0 Å². The molecule has 0 radical (unpaired) electrons. The molecule has 0 bridgehead atoms. The van der Waals surface area contributed by atoms with Gasteiger partial charge in [0.2, 0.25) is 0 Å². The molecule has 1 rings (SSSR count). The molecule has 4 N–H and O–H groups in total. The number of nitrogens with one attached hydrogen (secondary N) is 4. The van der Waals surface area contributed by atoms with Gasteiger partial charge in [-0.1, -0.05) is 0 Å². The molecule has 0 atom stereocenters. The molecule has 23 heavy (non-hydrogen) atoms. The molecule has 9 heteroatoms. The summed E-state index contributed by atoms with van der Waals surface area (Å²) < 4.78 is 0. The van der Waals surface area contributed by atoms with Gasteiger partial charge in [0.05, 0.1) is 11.4 Å². The third kappa shape index (κ3) is 7.61. The van der Waals surface area contributed by atoms with Gasteiger partial charge in [-0.15, -0.1) is 0 Å². The van der Waals surface area contributed by atoms with Crippen LogP contribution in [0.3, 0.4) is 0 Å². The van der Waals surface area contributed by atoms with E-state index < -0.39 is 0 Å². The van der Waals surface area contributed by atoms with Gasteiger partial charge >= 0.3 is 0 Å². The number of thiocarbonyl (C=S) groups is 2. The second kappa shape index (κ2) is 10.6. The molecule has 1 aromatic rings. The summed E-state index contributed by atoms with van der Waals surface area (Å²) in [6.07, 6.45) is 5.06. The molecule has 0 fully saturated rings. The van der Waals surface area contributed by atoms with Gasteiger partial charge in [-0.05, 0) is 61.9 Å². The van der Waals surface area contributed by atoms with Crippen LogP contribution in [0.2, 0.25) is 0 Å². The van der Waals surface area contributed by atoms with Crippen LogP contribution in [-0.4, -0.2) is 40.7 Å². The highest BCUT2D eigenvalue weighted by Crippen LogP contribution is 2.03. The smallest absolute Gasteiger partial charge is 0.186 e. The van der Waals surface area contributed by atoms with Crippen LogP contribution in [0.5, 0.6) is 0 Å². The lowest BCUT2D eigenvalue weighted by molar-refractivity contribution is 0.942. The average molecular weight is 352 g/mol. The van der Waals surface area contributed by atoms with Crippen molar-refractivity contribution in [2.75, 3.05) is 14.1 Å². The van der Waals surface area contributed by atoms with Crippen LogP contribution in [0.25, 0.3) is 0 Å². The minimum absolute atomic E-state index is 0.441. The summed E-state index contributed by atoms with van der Waals surface area (Å²) in [6, 6.07) is 3.95. The van der Waals surface area contributed by atoms with Crippen LogP contribution in [0.1, 0.15) is 18.9 Å². The molecule has 0 saturated heterocycles. The number of rotatable bonds is 6. The Bertz CT molecular complexity index is 584. The molecule has 7 nitrogen and oxygen atoms in total. The Labute approximate surface area is 147 Å². The van der Waals surface area contributed by atoms with Crippen molar-refractivity contribution in [3.8, 4) is 0 Å². The van der Waals surface area contributed by atoms with Crippen LogP contribution in [0.4, 0.5) is 0 Å². The first-order valence-corrected chi connectivity index (χ1v) is 7.84. The molecule has 0 aromatic carbocycles. The fourth-order valence-electron chi connectivity index (χ4n) is 1.56. The van der Waals surface area contributed by atoms with Gasteiger partial charge in [-0.2, -0.15) is 10.2 Å². The van der Waals surface area contributed by atoms with Crippen molar-refractivity contribution in [1.82, 2.24) is 26.5 Å². The van der Waals surface area contributed by atoms with Gasteiger partial charge in [0.1, 0.15) is 0 Å². The van der Waals surface area contributed by atoms with Crippen molar-refractivity contribution in [2.45, 2.75) is 19.8 Å². The Morgan fingerprint density at radius 3 is 2.17 bits per heavy atom. The van der Waals surface area contributed by atoms with Gasteiger partial charge in [-0.25, -0.2) is 0 Å². The van der Waals surface area contributed by atoms with Crippen molar-refractivity contribution in [2.24, 2.45) is 10.2 Å². The maximum atomic E-state index is 5.04. The van der Waals surface area contributed by atoms with E-state index in [4.69, 9.17) is 24.4 Å². The van der Waals surface area contributed by atoms with Crippen LogP contribution in [-0.2, 0) is 6.42 Å². The summed E-state index contributed by atoms with van der Waals surface area (Å²) in [5.74, 6) is 0. The van der Waals surface area contributed by atoms with Crippen molar-refractivity contribution < 1.29 is 0 Å². The summed E-state index contributed by atoms with van der Waals surface area (Å²) in [5, 5.41) is 15.0. The lowest BCUT2D eigenvalue weighted by Crippen LogP contribution is -2.32. The zero-order chi connectivity index (χ0) is 17.1. The van der Waals surface area contributed by atoms with Crippen molar-refractivity contribution in [1.29, 1.82) is 0 Å². The van der Waals surface area contributed by atoms with E-state index in [1.165, 1.54) is 5.56 Å². The zero-order valence-electron chi connectivity index (χ0n) is 13.4. The number of hydrazone groups is 2. The second-order valence-corrected chi connectivity index (χ2v) is 5.31. The van der Waals surface area contributed by atoms with E-state index in [2.05, 4.69) is 36.7 Å². The fourth-order valence-corrected chi connectivity index (χ4v) is 1.65. The van der Waals surface area contributed by atoms with Gasteiger partial charge in [0, 0.05) is 26.5 Å². The van der Waals surface area contributed by atoms with Crippen molar-refractivity contribution in [3.05, 3.63) is 30.1 Å². The monoisotopic (exact) mass is 351 g/mol. The predicted molar refractivity (Wildman–Crippen MR) is 103 cm³/mol. The van der Waals surface area contributed by atoms with Crippen LogP contribution in [0, 0.1) is 0 Å². The highest BCUT2D eigenvalue weighted by molar-refractivity contribution is 7.80. The molecular weight excluding hydrogens is 330 g/mol. The van der Waals surface area contributed by atoms with Crippen molar-refractivity contribution in [3.63, 3.8) is 0 Å². The maximum absolute atomic E-state index is 5.04. The zero-order valence-corrected chi connectivity index (χ0v) is 15.0. The quantitative estimate of drug-likeness (QED) is 0.345. The molecule has 0 unspecified atom stereocenters. The Morgan fingerprint density at radius 1 is 1.04 bits per heavy atom. The van der Waals surface area contributed by atoms with Gasteiger partial charge in [-0.3, -0.25) is 15.8 Å². The van der Waals surface area contributed by atoms with Crippen LogP contribution >= 0.6 is 24.4 Å². The van der Waals surface area contributed by atoms with Crippen LogP contribution in [0.15, 0.2) is 34.7 Å². The molecule has 0 aliphatic rings. The normalized spacial score (nSPS) is 11.6. The van der Waals surface area contributed by atoms with E-state index >= 15 is 0 Å². The summed E-state index contributed by atoms with van der Waals surface area (Å²) in [7, 11) is 3.46. The lowest BCUT2D eigenvalue weighted by atomic mass is 10.1. The Balaban J connectivity index is 2.79. The standard InChI is InChI=1S/C14H21N7S2/c1-10(18-20-13(22)15-2)12(19-21-14(23)16-3)5-4-11-6-8-17-9-7-11/h6-9H,4-5H2,1-3H3,(H2,15,20,22)(H2,16,21,23)/b18-10+,19-12-. The third-order valence-electron chi connectivity index (χ3n) is 2.89. The van der Waals surface area contributed by atoms with E-state index in [-0.39, 0.29) is 0 Å². The summed E-state index contributed by atoms with van der Waals surface area (Å²) in [4.78, 5) is 4.01. The largest absolute Gasteiger partial charge is 0.364 e. The van der Waals surface area contributed by atoms with Crippen LogP contribution < -0.4 is 21.5 Å². The molecule has 1 aromatic heterocycles. The van der Waals surface area contributed by atoms with E-state index in [1.54, 1.807) is 26.5 Å². The number of aromatic nitrogens is 1. The van der Waals surface area contributed by atoms with Crippen molar-refractivity contribution >= 4 is 46.1 Å². The molecule has 0 aliphatic heterocycles. The summed E-state index contributed by atoms with van der Waals surface area (Å²) in [5.41, 5.74) is 8.23. The highest BCUT2D eigenvalue weighted by atomic mass is 32.1. The number of nitrogens with zero attached hydrogens (tertiary/aromatic N) is 3. The first kappa shape index (κ1) is 18.9. The molecule has 1 heterocycles. The number of aryl methyl sites for hydroxylation is 1. The predicted octanol–water partition coefficient (Wildman–Crippen LogP) is 0.934. The first-order chi connectivity index (χ1) is 11.1. The molecule has 0 amide bonds. The average Bonchev–Trinajstić information content (AvgIpc) is 2.59. The minimum Gasteiger partial charge on any atom is -0.364 e. The lowest BCUT2D eigenvalue weighted by Gasteiger charge is -2.09. The van der Waals surface area contributed by atoms with E-state index in [0.29, 0.717) is 16.6 Å². The molecule has 0 saturated carbocycles. The Hall–Kier alpha value is -2.13. The van der Waals surface area contributed by atoms with Gasteiger partial charge in [0.15, 0.2) is 10.2 Å². The number of hydrogen-bond acceptors (Lipinski definition) is 5. The van der Waals surface area contributed by atoms with Gasteiger partial charge < -0.3 is 10.6 Å². The second-order valence-electron chi connectivity index (χ2n) is 4.49. The topological polar surface area (TPSA) is 85.7 Å². The highest BCUT2D eigenvalue weighted by Gasteiger charge is 2.06. The number of hydrogen-bond donors (Lipinski definition) is 4. The molecule has 124 valence electrons. The fraction of sp³-hybridized carbons (Fsp3) is 0.357. The first-order valence-electron chi connectivity index (χ1n) is 7.02. The Morgan fingerprint density at radius 2 is 1.61 bits per heavy atom. The minimum atomic E-state index is 0.441. The number of pyridine rings is 1. The van der Waals surface area contributed by atoms with E-state index in [1.807, 2.05) is 19.1 Å². The molecule has 0 aliphatic carbocycles. The summed E-state index contributed by atoms with van der Waals surface area (Å²) >= 11 is 10.0. The van der Waals surface area contributed by atoms with E-state index in [0.717, 1.165) is 17.8 Å². The molecule has 0 spiro atoms. The maximum Gasteiger partial charge on any atom is 0.186 e. The summed E-state index contributed by atoms with van der Waals surface area (Å²) in [6.45, 7) is 1.86. The van der Waals surface area contributed by atoms with Gasteiger partial charge in [0.25, 0.3) is 0 Å². The Kier molecular flexibility index (Phi) is 8.70.